The van der Waals surface area contributed by atoms with Gasteiger partial charge in [-0.3, -0.25) is 0 Å². The van der Waals surface area contributed by atoms with Crippen LogP contribution >= 0.6 is 0 Å². The van der Waals surface area contributed by atoms with Crippen LogP contribution in [0, 0.1) is 13.8 Å². The lowest BCUT2D eigenvalue weighted by atomic mass is 9.94. The molecule has 2 aromatic rings. The zero-order valence-electron chi connectivity index (χ0n) is 19.3. The summed E-state index contributed by atoms with van der Waals surface area (Å²) in [6, 6.07) is 10.9. The number of rotatable bonds is 9. The van der Waals surface area contributed by atoms with Gasteiger partial charge in [0.05, 0.1) is 12.2 Å². The van der Waals surface area contributed by atoms with E-state index in [2.05, 4.69) is 23.8 Å². The van der Waals surface area contributed by atoms with Crippen LogP contribution in [0.5, 0.6) is 17.2 Å². The Balaban J connectivity index is 1.51. The molecule has 0 spiro atoms. The van der Waals surface area contributed by atoms with Crippen molar-refractivity contribution >= 4 is 5.97 Å². The van der Waals surface area contributed by atoms with Gasteiger partial charge in [-0.25, -0.2) is 0 Å². The van der Waals surface area contributed by atoms with Gasteiger partial charge in [0.1, 0.15) is 31.0 Å². The summed E-state index contributed by atoms with van der Waals surface area (Å²) in [7, 11) is 1.32. The summed E-state index contributed by atoms with van der Waals surface area (Å²) in [6.07, 6.45) is 7.93. The number of oxime groups is 1. The van der Waals surface area contributed by atoms with Crippen molar-refractivity contribution in [2.75, 3.05) is 13.7 Å². The summed E-state index contributed by atoms with van der Waals surface area (Å²) < 4.78 is 31.9. The summed E-state index contributed by atoms with van der Waals surface area (Å²) in [6.45, 7) is 6.66. The van der Waals surface area contributed by atoms with Crippen molar-refractivity contribution in [1.29, 1.82) is 0 Å². The SMILES string of the molecule is C/C=C/COc1cc(C)c(OC2CCC(Oc3ccc(C(F)=NOC)cc3)CC2)c(C)c1. The number of benzene rings is 2. The fraction of sp³-hybridized carbons (Fsp3) is 0.423. The maximum absolute atomic E-state index is 13.7. The molecule has 32 heavy (non-hydrogen) atoms. The molecule has 0 atom stereocenters. The van der Waals surface area contributed by atoms with Crippen LogP contribution in [0.2, 0.25) is 0 Å². The molecule has 0 saturated heterocycles. The van der Waals surface area contributed by atoms with E-state index in [0.29, 0.717) is 12.2 Å². The second-order valence-electron chi connectivity index (χ2n) is 7.99. The molecule has 172 valence electrons. The molecule has 0 radical (unpaired) electrons. The Kier molecular flexibility index (Phi) is 8.54. The fourth-order valence-corrected chi connectivity index (χ4v) is 3.85. The first-order chi connectivity index (χ1) is 15.5. The van der Waals surface area contributed by atoms with Crippen LogP contribution in [0.1, 0.15) is 49.3 Å². The maximum atomic E-state index is 13.7. The third-order valence-electron chi connectivity index (χ3n) is 5.49. The van der Waals surface area contributed by atoms with Crippen LogP contribution in [0.3, 0.4) is 0 Å². The predicted octanol–water partition coefficient (Wildman–Crippen LogP) is 6.30. The molecular weight excluding hydrogens is 409 g/mol. The molecule has 0 N–H and O–H groups in total. The third kappa shape index (κ3) is 6.49. The molecule has 0 unspecified atom stereocenters. The number of hydrogen-bond acceptors (Lipinski definition) is 5. The Hall–Kier alpha value is -3.02. The van der Waals surface area contributed by atoms with Gasteiger partial charge in [-0.1, -0.05) is 17.3 Å². The topological polar surface area (TPSA) is 49.3 Å². The Morgan fingerprint density at radius 2 is 1.56 bits per heavy atom. The van der Waals surface area contributed by atoms with Crippen molar-refractivity contribution in [2.45, 2.75) is 58.7 Å². The van der Waals surface area contributed by atoms with Gasteiger partial charge in [0, 0.05) is 5.56 Å². The molecule has 0 aromatic heterocycles. The number of hydrogen-bond donors (Lipinski definition) is 0. The fourth-order valence-electron chi connectivity index (χ4n) is 3.85. The number of aryl methyl sites for hydroxylation is 2. The number of halogens is 1. The van der Waals surface area contributed by atoms with Crippen LogP contribution in [0.15, 0.2) is 53.7 Å². The monoisotopic (exact) mass is 441 g/mol. The summed E-state index contributed by atoms with van der Waals surface area (Å²) >= 11 is 0. The largest absolute Gasteiger partial charge is 0.490 e. The lowest BCUT2D eigenvalue weighted by Crippen LogP contribution is -2.30. The standard InChI is InChI=1S/C26H32FNO4/c1-5-6-15-30-24-16-18(2)25(19(3)17-24)32-23-13-11-22(12-14-23)31-21-9-7-20(8-10-21)26(27)28-29-4/h5-10,16-17,22-23H,11-15H2,1-4H3/b6-5+,28-26?. The number of nitrogens with zero attached hydrogens (tertiary/aromatic N) is 1. The van der Waals surface area contributed by atoms with Crippen molar-refractivity contribution in [3.63, 3.8) is 0 Å². The van der Waals surface area contributed by atoms with Crippen molar-refractivity contribution in [2.24, 2.45) is 5.16 Å². The van der Waals surface area contributed by atoms with Gasteiger partial charge in [0.25, 0.3) is 5.97 Å². The van der Waals surface area contributed by atoms with Crippen LogP contribution in [0.25, 0.3) is 0 Å². The molecule has 1 fully saturated rings. The van der Waals surface area contributed by atoms with Crippen LogP contribution in [-0.4, -0.2) is 31.9 Å². The average molecular weight is 442 g/mol. The van der Waals surface area contributed by atoms with Crippen LogP contribution in [-0.2, 0) is 4.84 Å². The third-order valence-corrected chi connectivity index (χ3v) is 5.49. The van der Waals surface area contributed by atoms with Gasteiger partial charge in [0.15, 0.2) is 0 Å². The van der Waals surface area contributed by atoms with E-state index in [-0.39, 0.29) is 12.2 Å². The second-order valence-corrected chi connectivity index (χ2v) is 7.99. The normalized spacial score (nSPS) is 19.1. The van der Waals surface area contributed by atoms with Gasteiger partial charge < -0.3 is 19.0 Å². The molecule has 1 aliphatic carbocycles. The zero-order chi connectivity index (χ0) is 22.9. The predicted molar refractivity (Wildman–Crippen MR) is 125 cm³/mol. The van der Waals surface area contributed by atoms with E-state index in [1.807, 2.05) is 31.2 Å². The Morgan fingerprint density at radius 1 is 0.969 bits per heavy atom. The van der Waals surface area contributed by atoms with Crippen molar-refractivity contribution < 1.29 is 23.4 Å². The van der Waals surface area contributed by atoms with E-state index in [9.17, 15) is 4.39 Å². The smallest absolute Gasteiger partial charge is 0.257 e. The molecule has 0 heterocycles. The highest BCUT2D eigenvalue weighted by Gasteiger charge is 2.25. The van der Waals surface area contributed by atoms with E-state index in [1.165, 1.54) is 7.11 Å². The first kappa shape index (κ1) is 23.6. The highest BCUT2D eigenvalue weighted by Crippen LogP contribution is 2.33. The van der Waals surface area contributed by atoms with Crippen molar-refractivity contribution in [3.8, 4) is 17.2 Å². The van der Waals surface area contributed by atoms with E-state index in [1.54, 1.807) is 24.3 Å². The van der Waals surface area contributed by atoms with E-state index >= 15 is 0 Å². The molecule has 2 aromatic carbocycles. The summed E-state index contributed by atoms with van der Waals surface area (Å²) in [5, 5.41) is 3.30. The minimum atomic E-state index is -0.653. The average Bonchev–Trinajstić information content (AvgIpc) is 2.78. The highest BCUT2D eigenvalue weighted by atomic mass is 19.1. The molecule has 1 aliphatic rings. The summed E-state index contributed by atoms with van der Waals surface area (Å²) in [5.74, 6) is 1.88. The lowest BCUT2D eigenvalue weighted by molar-refractivity contribution is 0.0798. The summed E-state index contributed by atoms with van der Waals surface area (Å²) in [5.41, 5.74) is 2.53. The van der Waals surface area contributed by atoms with E-state index in [4.69, 9.17) is 14.2 Å². The van der Waals surface area contributed by atoms with Gasteiger partial charge in [0.2, 0.25) is 0 Å². The van der Waals surface area contributed by atoms with Gasteiger partial charge in [-0.15, -0.1) is 0 Å². The lowest BCUT2D eigenvalue weighted by Gasteiger charge is -2.30. The first-order valence-electron chi connectivity index (χ1n) is 11.1. The Labute approximate surface area is 189 Å². The molecule has 6 heteroatoms. The van der Waals surface area contributed by atoms with Crippen LogP contribution < -0.4 is 14.2 Å². The minimum absolute atomic E-state index is 0.128. The summed E-state index contributed by atoms with van der Waals surface area (Å²) in [4.78, 5) is 4.46. The van der Waals surface area contributed by atoms with Gasteiger partial charge in [-0.2, -0.15) is 4.39 Å². The Morgan fingerprint density at radius 3 is 2.12 bits per heavy atom. The maximum Gasteiger partial charge on any atom is 0.257 e. The number of allylic oxidation sites excluding steroid dienone is 1. The second kappa shape index (κ2) is 11.6. The molecule has 0 amide bonds. The van der Waals surface area contributed by atoms with Crippen LogP contribution in [0.4, 0.5) is 4.39 Å². The number of ether oxygens (including phenoxy) is 3. The zero-order valence-corrected chi connectivity index (χ0v) is 19.3. The van der Waals surface area contributed by atoms with E-state index < -0.39 is 5.97 Å². The van der Waals surface area contributed by atoms with Gasteiger partial charge in [-0.05, 0) is 94.0 Å². The van der Waals surface area contributed by atoms with E-state index in [0.717, 1.165) is 54.1 Å². The van der Waals surface area contributed by atoms with Crippen molar-refractivity contribution in [1.82, 2.24) is 0 Å². The molecule has 3 rings (SSSR count). The molecule has 5 nitrogen and oxygen atoms in total. The van der Waals surface area contributed by atoms with Gasteiger partial charge >= 0.3 is 0 Å². The highest BCUT2D eigenvalue weighted by molar-refractivity contribution is 5.92. The quantitative estimate of drug-likeness (QED) is 0.260. The molecule has 1 saturated carbocycles. The van der Waals surface area contributed by atoms with Crippen molar-refractivity contribution in [3.05, 3.63) is 65.2 Å². The first-order valence-corrected chi connectivity index (χ1v) is 11.1. The molecule has 0 bridgehead atoms. The Bertz CT molecular complexity index is 908. The molecule has 0 aliphatic heterocycles. The minimum Gasteiger partial charge on any atom is -0.490 e. The molecular formula is C26H32FNO4.